The van der Waals surface area contributed by atoms with Crippen LogP contribution in [0.4, 0.5) is 5.69 Å². The van der Waals surface area contributed by atoms with Crippen molar-refractivity contribution in [3.8, 4) is 5.75 Å². The van der Waals surface area contributed by atoms with Gasteiger partial charge in [0.2, 0.25) is 0 Å². The summed E-state index contributed by atoms with van der Waals surface area (Å²) in [6, 6.07) is 6.89. The van der Waals surface area contributed by atoms with Gasteiger partial charge in [-0.2, -0.15) is 0 Å². The molecule has 5 heteroatoms. The summed E-state index contributed by atoms with van der Waals surface area (Å²) in [4.78, 5) is 14.9. The van der Waals surface area contributed by atoms with Gasteiger partial charge < -0.3 is 15.6 Å². The van der Waals surface area contributed by atoms with E-state index in [0.717, 1.165) is 5.39 Å². The van der Waals surface area contributed by atoms with E-state index in [1.165, 1.54) is 6.92 Å². The van der Waals surface area contributed by atoms with Gasteiger partial charge in [-0.05, 0) is 31.2 Å². The van der Waals surface area contributed by atoms with E-state index in [0.29, 0.717) is 17.0 Å². The fraction of sp³-hybridized carbons (Fsp3) is 0.167. The third-order valence-corrected chi connectivity index (χ3v) is 2.42. The number of pyridine rings is 1. The van der Waals surface area contributed by atoms with Crippen molar-refractivity contribution in [2.45, 2.75) is 13.0 Å². The molecule has 1 atom stereocenters. The second-order valence-electron chi connectivity index (χ2n) is 3.65. The molecule has 1 heterocycles. The highest BCUT2D eigenvalue weighted by atomic mass is 16.5. The fourth-order valence-electron chi connectivity index (χ4n) is 1.50. The molecule has 1 aromatic carbocycles. The molecule has 1 unspecified atom stereocenters. The molecule has 0 aliphatic rings. The first-order chi connectivity index (χ1) is 8.09. The average molecular weight is 232 g/mol. The molecule has 0 aliphatic carbocycles. The average Bonchev–Trinajstić information content (AvgIpc) is 2.33. The molecule has 88 valence electrons. The van der Waals surface area contributed by atoms with E-state index < -0.39 is 12.1 Å². The van der Waals surface area contributed by atoms with Crippen LogP contribution in [0.3, 0.4) is 0 Å². The number of ether oxygens (including phenoxy) is 1. The number of carboxylic acid groups (broad SMARTS) is 1. The summed E-state index contributed by atoms with van der Waals surface area (Å²) in [5.74, 6) is -0.601. The molecule has 0 fully saturated rings. The second kappa shape index (κ2) is 4.29. The number of rotatable bonds is 3. The maximum Gasteiger partial charge on any atom is 0.344 e. The van der Waals surface area contributed by atoms with Gasteiger partial charge in [0.25, 0.3) is 0 Å². The molecular formula is C12H12N2O3. The molecule has 0 spiro atoms. The van der Waals surface area contributed by atoms with E-state index in [9.17, 15) is 4.79 Å². The Morgan fingerprint density at radius 2 is 2.24 bits per heavy atom. The van der Waals surface area contributed by atoms with Gasteiger partial charge in [-0.15, -0.1) is 0 Å². The van der Waals surface area contributed by atoms with Crippen molar-refractivity contribution >= 4 is 22.6 Å². The molecule has 2 rings (SSSR count). The Labute approximate surface area is 97.8 Å². The van der Waals surface area contributed by atoms with E-state index in [-0.39, 0.29) is 0 Å². The van der Waals surface area contributed by atoms with Crippen LogP contribution in [0.1, 0.15) is 6.92 Å². The minimum Gasteiger partial charge on any atom is -0.479 e. The van der Waals surface area contributed by atoms with Crippen molar-refractivity contribution in [1.82, 2.24) is 4.98 Å². The van der Waals surface area contributed by atoms with Crippen molar-refractivity contribution in [2.24, 2.45) is 0 Å². The lowest BCUT2D eigenvalue weighted by Gasteiger charge is -2.12. The molecule has 0 aliphatic heterocycles. The highest BCUT2D eigenvalue weighted by Gasteiger charge is 2.15. The summed E-state index contributed by atoms with van der Waals surface area (Å²) >= 11 is 0. The van der Waals surface area contributed by atoms with Crippen molar-refractivity contribution in [3.63, 3.8) is 0 Å². The number of aromatic nitrogens is 1. The normalized spacial score (nSPS) is 12.3. The number of nitrogens with two attached hydrogens (primary N) is 1. The topological polar surface area (TPSA) is 85.4 Å². The third kappa shape index (κ3) is 2.13. The smallest absolute Gasteiger partial charge is 0.344 e. The first-order valence-corrected chi connectivity index (χ1v) is 5.12. The molecule has 0 saturated heterocycles. The van der Waals surface area contributed by atoms with Crippen molar-refractivity contribution in [3.05, 3.63) is 30.5 Å². The Morgan fingerprint density at radius 1 is 1.47 bits per heavy atom. The molecule has 1 aromatic heterocycles. The van der Waals surface area contributed by atoms with E-state index >= 15 is 0 Å². The van der Waals surface area contributed by atoms with Crippen LogP contribution in [0.25, 0.3) is 10.9 Å². The number of anilines is 1. The quantitative estimate of drug-likeness (QED) is 0.786. The molecule has 0 radical (unpaired) electrons. The molecule has 2 aromatic rings. The number of fused-ring (bicyclic) bond motifs is 1. The molecule has 0 bridgehead atoms. The van der Waals surface area contributed by atoms with Crippen LogP contribution in [0, 0.1) is 0 Å². The van der Waals surface area contributed by atoms with E-state index in [4.69, 9.17) is 15.6 Å². The molecule has 17 heavy (non-hydrogen) atoms. The third-order valence-electron chi connectivity index (χ3n) is 2.42. The fourth-order valence-corrected chi connectivity index (χ4v) is 1.50. The zero-order valence-electron chi connectivity index (χ0n) is 9.25. The maximum atomic E-state index is 10.7. The number of carbonyl (C=O) groups is 1. The standard InChI is InChI=1S/C12H12N2O3/c1-7(12(15)16)17-10-5-4-9(13)8-3-2-6-14-11(8)10/h2-7H,13H2,1H3,(H,15,16). The van der Waals surface area contributed by atoms with Crippen LogP contribution < -0.4 is 10.5 Å². The molecule has 0 amide bonds. The highest BCUT2D eigenvalue weighted by molar-refractivity contribution is 5.94. The van der Waals surface area contributed by atoms with Crippen LogP contribution in [0.2, 0.25) is 0 Å². The van der Waals surface area contributed by atoms with Crippen LogP contribution in [-0.4, -0.2) is 22.2 Å². The molecule has 5 nitrogen and oxygen atoms in total. The summed E-state index contributed by atoms with van der Waals surface area (Å²) in [6.07, 6.45) is 0.684. The Bertz CT molecular complexity index is 569. The summed E-state index contributed by atoms with van der Waals surface area (Å²) in [6.45, 7) is 1.47. The predicted molar refractivity (Wildman–Crippen MR) is 63.9 cm³/mol. The predicted octanol–water partition coefficient (Wildman–Crippen LogP) is 1.67. The van der Waals surface area contributed by atoms with Crippen LogP contribution in [-0.2, 0) is 4.79 Å². The van der Waals surface area contributed by atoms with Gasteiger partial charge in [0, 0.05) is 17.3 Å². The van der Waals surface area contributed by atoms with E-state index in [2.05, 4.69) is 4.98 Å². The molecule has 0 saturated carbocycles. The second-order valence-corrected chi connectivity index (χ2v) is 3.65. The van der Waals surface area contributed by atoms with Gasteiger partial charge in [-0.25, -0.2) is 4.79 Å². The number of aliphatic carboxylic acids is 1. The summed E-state index contributed by atoms with van der Waals surface area (Å²) in [7, 11) is 0. The number of carboxylic acids is 1. The van der Waals surface area contributed by atoms with Crippen molar-refractivity contribution in [1.29, 1.82) is 0 Å². The number of benzene rings is 1. The zero-order valence-corrected chi connectivity index (χ0v) is 9.25. The minimum atomic E-state index is -1.02. The number of hydrogen-bond acceptors (Lipinski definition) is 4. The zero-order chi connectivity index (χ0) is 12.4. The van der Waals surface area contributed by atoms with Crippen LogP contribution >= 0.6 is 0 Å². The van der Waals surface area contributed by atoms with Gasteiger partial charge in [-0.1, -0.05) is 0 Å². The minimum absolute atomic E-state index is 0.421. The molecular weight excluding hydrogens is 220 g/mol. The lowest BCUT2D eigenvalue weighted by molar-refractivity contribution is -0.144. The monoisotopic (exact) mass is 232 g/mol. The van der Waals surface area contributed by atoms with Gasteiger partial charge in [0.05, 0.1) is 0 Å². The summed E-state index contributed by atoms with van der Waals surface area (Å²) < 4.78 is 5.33. The van der Waals surface area contributed by atoms with Crippen LogP contribution in [0.5, 0.6) is 5.75 Å². The van der Waals surface area contributed by atoms with Gasteiger partial charge in [-0.3, -0.25) is 4.98 Å². The Morgan fingerprint density at radius 3 is 2.94 bits per heavy atom. The SMILES string of the molecule is CC(Oc1ccc(N)c2cccnc12)C(=O)O. The summed E-state index contributed by atoms with van der Waals surface area (Å²) in [5.41, 5.74) is 6.96. The number of hydrogen-bond donors (Lipinski definition) is 2. The van der Waals surface area contributed by atoms with Gasteiger partial charge in [0.15, 0.2) is 6.10 Å². The lowest BCUT2D eigenvalue weighted by Crippen LogP contribution is -2.23. The Balaban J connectivity index is 2.48. The maximum absolute atomic E-state index is 10.7. The first-order valence-electron chi connectivity index (χ1n) is 5.12. The van der Waals surface area contributed by atoms with Crippen molar-refractivity contribution in [2.75, 3.05) is 5.73 Å². The largest absolute Gasteiger partial charge is 0.479 e. The first kappa shape index (κ1) is 11.2. The van der Waals surface area contributed by atoms with E-state index in [1.54, 1.807) is 24.4 Å². The Kier molecular flexibility index (Phi) is 2.82. The Hall–Kier alpha value is -2.30. The van der Waals surface area contributed by atoms with Gasteiger partial charge in [0.1, 0.15) is 11.3 Å². The number of nitrogens with zero attached hydrogens (tertiary/aromatic N) is 1. The van der Waals surface area contributed by atoms with Crippen molar-refractivity contribution < 1.29 is 14.6 Å². The van der Waals surface area contributed by atoms with E-state index in [1.807, 2.05) is 6.07 Å². The highest BCUT2D eigenvalue weighted by Crippen LogP contribution is 2.28. The lowest BCUT2D eigenvalue weighted by atomic mass is 10.1. The van der Waals surface area contributed by atoms with Gasteiger partial charge >= 0.3 is 5.97 Å². The van der Waals surface area contributed by atoms with Crippen LogP contribution in [0.15, 0.2) is 30.5 Å². The number of nitrogen functional groups attached to an aromatic ring is 1. The summed E-state index contributed by atoms with van der Waals surface area (Å²) in [5, 5.41) is 9.55. The molecule has 3 N–H and O–H groups in total.